The molecule has 0 saturated heterocycles. The number of anilines is 3. The summed E-state index contributed by atoms with van der Waals surface area (Å²) < 4.78 is 2.43. The van der Waals surface area contributed by atoms with E-state index in [-0.39, 0.29) is 0 Å². The third kappa shape index (κ3) is 6.87. The zero-order valence-electron chi connectivity index (χ0n) is 40.1. The van der Waals surface area contributed by atoms with Gasteiger partial charge in [0, 0.05) is 33.3 Å². The molecule has 0 N–H and O–H groups in total. The van der Waals surface area contributed by atoms with Gasteiger partial charge in [-0.15, -0.1) is 0 Å². The van der Waals surface area contributed by atoms with Crippen LogP contribution in [0.4, 0.5) is 17.1 Å². The molecule has 1 aliphatic rings. The summed E-state index contributed by atoms with van der Waals surface area (Å²) in [6, 6.07) is 107. The predicted molar refractivity (Wildman–Crippen MR) is 307 cm³/mol. The molecule has 0 atom stereocenters. The Bertz CT molecular complexity index is 4090. The molecule has 0 radical (unpaired) electrons. The Balaban J connectivity index is 0.935. The maximum absolute atomic E-state index is 2.47. The van der Waals surface area contributed by atoms with E-state index >= 15 is 0 Å². The number of aromatic nitrogens is 1. The van der Waals surface area contributed by atoms with Crippen LogP contribution in [0.15, 0.2) is 291 Å². The maximum atomic E-state index is 2.47. The van der Waals surface area contributed by atoms with Crippen molar-refractivity contribution in [3.05, 3.63) is 313 Å². The van der Waals surface area contributed by atoms with Crippen molar-refractivity contribution in [3.63, 3.8) is 0 Å². The Labute approximate surface area is 426 Å². The number of rotatable bonds is 9. The monoisotopic (exact) mass is 928 g/mol. The van der Waals surface area contributed by atoms with Crippen molar-refractivity contribution < 1.29 is 0 Å². The summed E-state index contributed by atoms with van der Waals surface area (Å²) in [5.74, 6) is 0. The summed E-state index contributed by atoms with van der Waals surface area (Å²) >= 11 is 0. The second kappa shape index (κ2) is 17.4. The normalized spacial score (nSPS) is 12.5. The van der Waals surface area contributed by atoms with Crippen molar-refractivity contribution in [2.45, 2.75) is 5.41 Å². The standard InChI is InChI=1S/C71H48N2/c1-3-23-56(24-4-1)71(57-25-5-2-6-26-57)64-31-13-9-30-63(64)70-65(71)32-18-36-69(70)72(58-43-39-50(40-44-58)53-21-17-22-54(47-53)55-38-37-49-19-7-8-20-52(49)48-55)59-45-41-51(42-46-59)60-27-10-14-33-66(60)73-67-34-15-11-28-61(67)62-29-12-16-35-68(62)73/h1-48H. The number of fused-ring (bicyclic) bond motifs is 7. The van der Waals surface area contributed by atoms with Crippen LogP contribution < -0.4 is 4.90 Å². The van der Waals surface area contributed by atoms with E-state index in [0.717, 1.165) is 28.3 Å². The summed E-state index contributed by atoms with van der Waals surface area (Å²) in [6.07, 6.45) is 0. The van der Waals surface area contributed by atoms with Crippen LogP contribution in [0.5, 0.6) is 0 Å². The van der Waals surface area contributed by atoms with Crippen LogP contribution in [0.3, 0.4) is 0 Å². The molecule has 1 aliphatic carbocycles. The average Bonchev–Trinajstić information content (AvgIpc) is 3.98. The van der Waals surface area contributed by atoms with Gasteiger partial charge in [0.15, 0.2) is 0 Å². The molecule has 0 aliphatic heterocycles. The highest BCUT2D eigenvalue weighted by molar-refractivity contribution is 6.10. The first-order valence-corrected chi connectivity index (χ1v) is 25.2. The van der Waals surface area contributed by atoms with Gasteiger partial charge in [0.05, 0.1) is 27.8 Å². The summed E-state index contributed by atoms with van der Waals surface area (Å²) in [6.45, 7) is 0. The molecule has 13 aromatic rings. The van der Waals surface area contributed by atoms with E-state index in [1.165, 1.54) is 93.8 Å². The SMILES string of the molecule is c1ccc(C2(c3ccccc3)c3ccccc3-c3c(N(c4ccc(-c5cccc(-c6ccc7ccccc7c6)c5)cc4)c4ccc(-c5ccccc5-n5c6ccccc6c6ccccc65)cc4)cccc32)cc1. The van der Waals surface area contributed by atoms with Crippen LogP contribution >= 0.6 is 0 Å². The Morgan fingerprint density at radius 2 is 0.795 bits per heavy atom. The third-order valence-electron chi connectivity index (χ3n) is 15.3. The van der Waals surface area contributed by atoms with E-state index in [1.807, 2.05) is 0 Å². The van der Waals surface area contributed by atoms with E-state index in [2.05, 4.69) is 301 Å². The fourth-order valence-corrected chi connectivity index (χ4v) is 12.0. The second-order valence-corrected chi connectivity index (χ2v) is 19.2. The Morgan fingerprint density at radius 3 is 1.48 bits per heavy atom. The first kappa shape index (κ1) is 42.4. The first-order valence-electron chi connectivity index (χ1n) is 25.2. The van der Waals surface area contributed by atoms with Gasteiger partial charge in [-0.1, -0.05) is 231 Å². The molecule has 14 rings (SSSR count). The van der Waals surface area contributed by atoms with E-state index in [1.54, 1.807) is 0 Å². The first-order chi connectivity index (χ1) is 36.2. The highest BCUT2D eigenvalue weighted by Gasteiger charge is 2.47. The molecule has 0 amide bonds. The molecule has 73 heavy (non-hydrogen) atoms. The van der Waals surface area contributed by atoms with E-state index in [9.17, 15) is 0 Å². The summed E-state index contributed by atoms with van der Waals surface area (Å²) in [5.41, 5.74) is 20.9. The molecule has 0 bridgehead atoms. The lowest BCUT2D eigenvalue weighted by molar-refractivity contribution is 0.768. The second-order valence-electron chi connectivity index (χ2n) is 19.2. The molecule has 2 heteroatoms. The quantitative estimate of drug-likeness (QED) is 0.140. The number of hydrogen-bond acceptors (Lipinski definition) is 1. The lowest BCUT2D eigenvalue weighted by atomic mass is 9.68. The lowest BCUT2D eigenvalue weighted by Crippen LogP contribution is -2.28. The van der Waals surface area contributed by atoms with Crippen LogP contribution in [0, 0.1) is 0 Å². The molecule has 0 saturated carbocycles. The number of nitrogens with zero attached hydrogens (tertiary/aromatic N) is 2. The van der Waals surface area contributed by atoms with Gasteiger partial charge in [-0.25, -0.2) is 0 Å². The Hall–Kier alpha value is -9.50. The third-order valence-corrected chi connectivity index (χ3v) is 15.3. The number of benzene rings is 12. The fraction of sp³-hybridized carbons (Fsp3) is 0.0141. The molecule has 0 spiro atoms. The van der Waals surface area contributed by atoms with Gasteiger partial charge < -0.3 is 9.47 Å². The predicted octanol–water partition coefficient (Wildman–Crippen LogP) is 18.8. The van der Waals surface area contributed by atoms with E-state index < -0.39 is 5.41 Å². The zero-order valence-corrected chi connectivity index (χ0v) is 40.1. The molecule has 12 aromatic carbocycles. The molecule has 1 heterocycles. The molecule has 2 nitrogen and oxygen atoms in total. The lowest BCUT2D eigenvalue weighted by Gasteiger charge is -2.34. The minimum absolute atomic E-state index is 0.531. The number of para-hydroxylation sites is 3. The van der Waals surface area contributed by atoms with E-state index in [0.29, 0.717) is 0 Å². The Morgan fingerprint density at radius 1 is 0.301 bits per heavy atom. The van der Waals surface area contributed by atoms with Crippen LogP contribution in [0.1, 0.15) is 22.3 Å². The molecular formula is C71H48N2. The van der Waals surface area contributed by atoms with Gasteiger partial charge in [0.2, 0.25) is 0 Å². The zero-order chi connectivity index (χ0) is 48.3. The van der Waals surface area contributed by atoms with Crippen molar-refractivity contribution in [1.29, 1.82) is 0 Å². The molecule has 342 valence electrons. The van der Waals surface area contributed by atoms with Crippen LogP contribution in [-0.2, 0) is 5.41 Å². The molecular weight excluding hydrogens is 881 g/mol. The minimum Gasteiger partial charge on any atom is -0.310 e. The Kier molecular flexibility index (Phi) is 10.1. The molecule has 1 aromatic heterocycles. The highest BCUT2D eigenvalue weighted by Crippen LogP contribution is 2.59. The van der Waals surface area contributed by atoms with Gasteiger partial charge in [-0.2, -0.15) is 0 Å². The van der Waals surface area contributed by atoms with Gasteiger partial charge >= 0.3 is 0 Å². The summed E-state index contributed by atoms with van der Waals surface area (Å²) in [4.78, 5) is 2.47. The summed E-state index contributed by atoms with van der Waals surface area (Å²) in [5, 5.41) is 5.00. The van der Waals surface area contributed by atoms with Crippen molar-refractivity contribution in [3.8, 4) is 50.2 Å². The minimum atomic E-state index is -0.531. The van der Waals surface area contributed by atoms with Crippen molar-refractivity contribution in [1.82, 2.24) is 4.57 Å². The maximum Gasteiger partial charge on any atom is 0.0714 e. The van der Waals surface area contributed by atoms with E-state index in [4.69, 9.17) is 0 Å². The largest absolute Gasteiger partial charge is 0.310 e. The summed E-state index contributed by atoms with van der Waals surface area (Å²) in [7, 11) is 0. The van der Waals surface area contributed by atoms with Crippen molar-refractivity contribution in [2.24, 2.45) is 0 Å². The average molecular weight is 929 g/mol. The van der Waals surface area contributed by atoms with Gasteiger partial charge in [-0.05, 0) is 127 Å². The highest BCUT2D eigenvalue weighted by atomic mass is 15.1. The molecule has 0 fully saturated rings. The van der Waals surface area contributed by atoms with Gasteiger partial charge in [0.1, 0.15) is 0 Å². The van der Waals surface area contributed by atoms with Crippen LogP contribution in [0.2, 0.25) is 0 Å². The van der Waals surface area contributed by atoms with Gasteiger partial charge in [-0.3, -0.25) is 0 Å². The van der Waals surface area contributed by atoms with Crippen LogP contribution in [0.25, 0.3) is 82.8 Å². The smallest absolute Gasteiger partial charge is 0.0714 e. The van der Waals surface area contributed by atoms with Crippen molar-refractivity contribution >= 4 is 49.6 Å². The fourth-order valence-electron chi connectivity index (χ4n) is 12.0. The number of hydrogen-bond donors (Lipinski definition) is 0. The molecule has 0 unspecified atom stereocenters. The topological polar surface area (TPSA) is 8.17 Å². The van der Waals surface area contributed by atoms with Gasteiger partial charge in [0.25, 0.3) is 0 Å². The van der Waals surface area contributed by atoms with Crippen LogP contribution in [-0.4, -0.2) is 4.57 Å². The van der Waals surface area contributed by atoms with Crippen molar-refractivity contribution in [2.75, 3.05) is 4.90 Å².